The molecule has 1 rings (SSSR count). The summed E-state index contributed by atoms with van der Waals surface area (Å²) in [4.78, 5) is 0. The molecular formula is C15H29N5. The molecular weight excluding hydrogens is 250 g/mol. The average Bonchev–Trinajstić information content (AvgIpc) is 2.50. The molecule has 20 heavy (non-hydrogen) atoms. The molecule has 1 aromatic carbocycles. The van der Waals surface area contributed by atoms with Gasteiger partial charge in [0.2, 0.25) is 0 Å². The van der Waals surface area contributed by atoms with Gasteiger partial charge < -0.3 is 16.4 Å². The van der Waals surface area contributed by atoms with Crippen molar-refractivity contribution in [3.63, 3.8) is 0 Å². The lowest BCUT2D eigenvalue weighted by Gasteiger charge is -2.07. The Morgan fingerprint density at radius 3 is 2.00 bits per heavy atom. The Hall–Kier alpha value is -0.980. The summed E-state index contributed by atoms with van der Waals surface area (Å²) in [7, 11) is 0. The molecule has 0 unspecified atom stereocenters. The van der Waals surface area contributed by atoms with Gasteiger partial charge in [-0.3, -0.25) is 11.3 Å². The van der Waals surface area contributed by atoms with E-state index in [2.05, 4.69) is 40.3 Å². The third kappa shape index (κ3) is 8.24. The second-order valence-corrected chi connectivity index (χ2v) is 4.96. The van der Waals surface area contributed by atoms with Crippen LogP contribution in [0.5, 0.6) is 0 Å². The first-order valence-electron chi connectivity index (χ1n) is 7.49. The number of rotatable bonds is 12. The summed E-state index contributed by atoms with van der Waals surface area (Å²) in [5, 5.41) is 6.87. The molecule has 0 heterocycles. The molecule has 0 spiro atoms. The minimum absolute atomic E-state index is 0.613. The minimum atomic E-state index is 0.613. The van der Waals surface area contributed by atoms with E-state index in [0.29, 0.717) is 6.54 Å². The molecule has 0 radical (unpaired) electrons. The molecule has 5 heteroatoms. The van der Waals surface area contributed by atoms with Crippen molar-refractivity contribution >= 4 is 0 Å². The smallest absolute Gasteiger partial charge is 0.0205 e. The molecule has 0 atom stereocenters. The Morgan fingerprint density at radius 2 is 1.35 bits per heavy atom. The van der Waals surface area contributed by atoms with Gasteiger partial charge in [-0.05, 0) is 50.0 Å². The lowest BCUT2D eigenvalue weighted by Crippen LogP contribution is -2.27. The van der Waals surface area contributed by atoms with Crippen LogP contribution in [0.25, 0.3) is 0 Å². The highest BCUT2D eigenvalue weighted by Crippen LogP contribution is 2.03. The fourth-order valence-corrected chi connectivity index (χ4v) is 1.97. The third-order valence-corrected chi connectivity index (χ3v) is 3.22. The average molecular weight is 279 g/mol. The molecule has 0 fully saturated rings. The topological polar surface area (TPSA) is 88.1 Å². The van der Waals surface area contributed by atoms with E-state index in [-0.39, 0.29) is 0 Å². The summed E-state index contributed by atoms with van der Waals surface area (Å²) in [6.07, 6.45) is 3.48. The van der Waals surface area contributed by atoms with Gasteiger partial charge in [0, 0.05) is 19.6 Å². The fraction of sp³-hybridized carbons (Fsp3) is 0.600. The monoisotopic (exact) mass is 279 g/mol. The third-order valence-electron chi connectivity index (χ3n) is 3.22. The Balaban J connectivity index is 1.91. The van der Waals surface area contributed by atoms with Crippen molar-refractivity contribution in [2.75, 3.05) is 26.2 Å². The van der Waals surface area contributed by atoms with Crippen LogP contribution >= 0.6 is 0 Å². The summed E-state index contributed by atoms with van der Waals surface area (Å²) < 4.78 is 0. The van der Waals surface area contributed by atoms with E-state index in [1.165, 1.54) is 24.0 Å². The van der Waals surface area contributed by atoms with Crippen LogP contribution in [0.2, 0.25) is 0 Å². The minimum Gasteiger partial charge on any atom is -0.326 e. The molecule has 0 saturated heterocycles. The second-order valence-electron chi connectivity index (χ2n) is 4.96. The highest BCUT2D eigenvalue weighted by Gasteiger charge is 1.94. The van der Waals surface area contributed by atoms with Crippen LogP contribution < -0.4 is 27.6 Å². The first kappa shape index (κ1) is 17.1. The number of unbranched alkanes of at least 4 members (excludes halogenated alkanes) is 1. The van der Waals surface area contributed by atoms with Gasteiger partial charge in [0.25, 0.3) is 0 Å². The van der Waals surface area contributed by atoms with Crippen molar-refractivity contribution in [3.05, 3.63) is 35.4 Å². The SMILES string of the molecule is NCc1ccc(CNCCCCNCCCNN)cc1. The van der Waals surface area contributed by atoms with E-state index in [4.69, 9.17) is 11.6 Å². The van der Waals surface area contributed by atoms with E-state index in [0.717, 1.165) is 39.1 Å². The van der Waals surface area contributed by atoms with Crippen LogP contribution in [0.15, 0.2) is 24.3 Å². The predicted molar refractivity (Wildman–Crippen MR) is 85.0 cm³/mol. The maximum Gasteiger partial charge on any atom is 0.0205 e. The summed E-state index contributed by atoms with van der Waals surface area (Å²) in [5.74, 6) is 5.20. The van der Waals surface area contributed by atoms with Crippen molar-refractivity contribution in [2.45, 2.75) is 32.4 Å². The van der Waals surface area contributed by atoms with Crippen LogP contribution in [0.4, 0.5) is 0 Å². The summed E-state index contributed by atoms with van der Waals surface area (Å²) >= 11 is 0. The lowest BCUT2D eigenvalue weighted by molar-refractivity contribution is 0.563. The number of benzene rings is 1. The largest absolute Gasteiger partial charge is 0.326 e. The van der Waals surface area contributed by atoms with Gasteiger partial charge in [-0.25, -0.2) is 0 Å². The molecule has 0 aromatic heterocycles. The quantitative estimate of drug-likeness (QED) is 0.218. The van der Waals surface area contributed by atoms with Crippen molar-refractivity contribution in [1.29, 1.82) is 0 Å². The van der Waals surface area contributed by atoms with Crippen LogP contribution in [-0.4, -0.2) is 26.2 Å². The van der Waals surface area contributed by atoms with Crippen LogP contribution in [0.3, 0.4) is 0 Å². The Bertz CT molecular complexity index is 326. The predicted octanol–water partition coefficient (Wildman–Crippen LogP) is 0.458. The maximum atomic E-state index is 5.58. The van der Waals surface area contributed by atoms with Gasteiger partial charge in [0.05, 0.1) is 0 Å². The number of nitrogens with one attached hydrogen (secondary N) is 3. The first-order chi connectivity index (χ1) is 9.86. The second kappa shape index (κ2) is 11.8. The highest BCUT2D eigenvalue weighted by molar-refractivity contribution is 5.22. The summed E-state index contributed by atoms with van der Waals surface area (Å²) in [6.45, 7) is 5.59. The van der Waals surface area contributed by atoms with Gasteiger partial charge in [0.1, 0.15) is 0 Å². The number of hydrazine groups is 1. The van der Waals surface area contributed by atoms with E-state index in [9.17, 15) is 0 Å². The zero-order chi connectivity index (χ0) is 14.5. The first-order valence-corrected chi connectivity index (χ1v) is 7.49. The van der Waals surface area contributed by atoms with Crippen LogP contribution in [0, 0.1) is 0 Å². The van der Waals surface area contributed by atoms with Gasteiger partial charge >= 0.3 is 0 Å². The molecule has 0 aliphatic carbocycles. The van der Waals surface area contributed by atoms with Gasteiger partial charge in [0.15, 0.2) is 0 Å². The van der Waals surface area contributed by atoms with E-state index < -0.39 is 0 Å². The molecule has 0 amide bonds. The molecule has 5 nitrogen and oxygen atoms in total. The number of hydrogen-bond donors (Lipinski definition) is 5. The van der Waals surface area contributed by atoms with E-state index in [1.54, 1.807) is 0 Å². The molecule has 0 bridgehead atoms. The molecule has 0 aliphatic heterocycles. The summed E-state index contributed by atoms with van der Waals surface area (Å²) in [5.41, 5.74) is 10.7. The molecule has 0 saturated carbocycles. The maximum absolute atomic E-state index is 5.58. The Morgan fingerprint density at radius 1 is 0.750 bits per heavy atom. The zero-order valence-electron chi connectivity index (χ0n) is 12.3. The Kier molecular flexibility index (Phi) is 10.1. The highest BCUT2D eigenvalue weighted by atomic mass is 15.2. The lowest BCUT2D eigenvalue weighted by atomic mass is 10.1. The van der Waals surface area contributed by atoms with Gasteiger partial charge in [-0.2, -0.15) is 0 Å². The van der Waals surface area contributed by atoms with Crippen LogP contribution in [-0.2, 0) is 13.1 Å². The molecule has 0 aliphatic rings. The van der Waals surface area contributed by atoms with Crippen molar-refractivity contribution in [1.82, 2.24) is 16.1 Å². The number of hydrogen-bond acceptors (Lipinski definition) is 5. The van der Waals surface area contributed by atoms with Gasteiger partial charge in [-0.15, -0.1) is 0 Å². The van der Waals surface area contributed by atoms with Crippen LogP contribution in [0.1, 0.15) is 30.4 Å². The zero-order valence-corrected chi connectivity index (χ0v) is 12.3. The number of nitrogens with two attached hydrogens (primary N) is 2. The van der Waals surface area contributed by atoms with Gasteiger partial charge in [-0.1, -0.05) is 24.3 Å². The molecule has 114 valence electrons. The van der Waals surface area contributed by atoms with E-state index in [1.807, 2.05) is 0 Å². The van der Waals surface area contributed by atoms with Crippen molar-refractivity contribution < 1.29 is 0 Å². The fourth-order valence-electron chi connectivity index (χ4n) is 1.97. The standard InChI is InChI=1S/C15H29N5/c16-12-14-4-6-15(7-5-14)13-19-9-2-1-8-18-10-3-11-20-17/h4-7,18-20H,1-3,8-13,16-17H2. The van der Waals surface area contributed by atoms with E-state index >= 15 is 0 Å². The Labute approximate surface area is 122 Å². The summed E-state index contributed by atoms with van der Waals surface area (Å²) in [6, 6.07) is 8.47. The molecule has 1 aromatic rings. The van der Waals surface area contributed by atoms with Crippen molar-refractivity contribution in [2.24, 2.45) is 11.6 Å². The van der Waals surface area contributed by atoms with Crippen molar-refractivity contribution in [3.8, 4) is 0 Å². The normalized spacial score (nSPS) is 10.9. The molecule has 7 N–H and O–H groups in total.